The average Bonchev–Trinajstić information content (AvgIpc) is 2.91. The van der Waals surface area contributed by atoms with E-state index in [0.717, 1.165) is 61.8 Å². The number of piperidine rings is 1. The molecule has 6 heteroatoms. The van der Waals surface area contributed by atoms with E-state index in [2.05, 4.69) is 34.1 Å². The molecule has 3 aromatic rings. The summed E-state index contributed by atoms with van der Waals surface area (Å²) in [5.41, 5.74) is 3.03. The zero-order valence-electron chi connectivity index (χ0n) is 20.7. The Morgan fingerprint density at radius 2 is 2.00 bits per heavy atom. The number of esters is 1. The summed E-state index contributed by atoms with van der Waals surface area (Å²) in [6, 6.07) is 18.3. The number of hydrogen-bond acceptors (Lipinski definition) is 6. The Bertz CT molecular complexity index is 1100. The molecule has 1 fully saturated rings. The zero-order chi connectivity index (χ0) is 24.6. The topological polar surface area (TPSA) is 71.9 Å². The minimum absolute atomic E-state index is 0.142. The molecule has 35 heavy (non-hydrogen) atoms. The van der Waals surface area contributed by atoms with Gasteiger partial charge in [0.15, 0.2) is 0 Å². The van der Waals surface area contributed by atoms with Crippen LogP contribution in [0.3, 0.4) is 0 Å². The molecule has 0 aliphatic carbocycles. The molecule has 3 atom stereocenters. The van der Waals surface area contributed by atoms with Crippen LogP contribution in [0.5, 0.6) is 5.75 Å². The molecule has 6 nitrogen and oxygen atoms in total. The lowest BCUT2D eigenvalue weighted by molar-refractivity contribution is -0.150. The van der Waals surface area contributed by atoms with Crippen molar-refractivity contribution < 1.29 is 19.4 Å². The van der Waals surface area contributed by atoms with Crippen LogP contribution in [0, 0.1) is 11.8 Å². The van der Waals surface area contributed by atoms with Crippen LogP contribution in [0.4, 0.5) is 0 Å². The molecule has 1 N–H and O–H groups in total. The molecule has 0 spiro atoms. The van der Waals surface area contributed by atoms with Crippen molar-refractivity contribution in [2.75, 3.05) is 33.9 Å². The third-order valence-corrected chi connectivity index (χ3v) is 7.27. The van der Waals surface area contributed by atoms with Crippen molar-refractivity contribution in [3.8, 4) is 5.75 Å². The van der Waals surface area contributed by atoms with Crippen molar-refractivity contribution >= 4 is 16.9 Å². The predicted molar refractivity (Wildman–Crippen MR) is 137 cm³/mol. The molecule has 0 amide bonds. The number of aromatic nitrogens is 1. The summed E-state index contributed by atoms with van der Waals surface area (Å²) in [5, 5.41) is 12.0. The second kappa shape index (κ2) is 12.1. The first-order valence-electron chi connectivity index (χ1n) is 12.5. The Morgan fingerprint density at radius 1 is 1.17 bits per heavy atom. The van der Waals surface area contributed by atoms with Crippen LogP contribution in [-0.2, 0) is 16.0 Å². The molecule has 0 radical (unpaired) electrons. The highest BCUT2D eigenvalue weighted by molar-refractivity contribution is 5.83. The molecule has 186 valence electrons. The smallest absolute Gasteiger partial charge is 0.310 e. The molecule has 4 rings (SSSR count). The van der Waals surface area contributed by atoms with Crippen molar-refractivity contribution in [2.45, 2.75) is 38.2 Å². The van der Waals surface area contributed by atoms with E-state index in [4.69, 9.17) is 9.47 Å². The molecule has 0 saturated carbocycles. The highest BCUT2D eigenvalue weighted by Gasteiger charge is 2.35. The maximum absolute atomic E-state index is 12.6. The molecule has 1 saturated heterocycles. The lowest BCUT2D eigenvalue weighted by Crippen LogP contribution is -2.44. The fourth-order valence-corrected chi connectivity index (χ4v) is 5.27. The number of nitrogens with zero attached hydrogens (tertiary/aromatic N) is 2. The minimum atomic E-state index is -0.630. The first kappa shape index (κ1) is 25.1. The summed E-state index contributed by atoms with van der Waals surface area (Å²) in [6.45, 7) is 2.67. The number of likely N-dealkylation sites (tertiary alicyclic amines) is 1. The molecule has 1 unspecified atom stereocenters. The molecule has 0 bridgehead atoms. The standard InChI is InChI=1S/C29H36N2O4/c1-34-23-18-25-24(11-6-12-27(25)30-19-23)28(32)14-13-22-15-17-31(20-26(22)29(33)35-2)16-7-10-21-8-4-3-5-9-21/h3-6,8-9,11-12,18-19,22,26,28,32H,7,10,13-17,20H2,1-2H3/t22-,26?,28-/m1/s1. The average molecular weight is 477 g/mol. The van der Waals surface area contributed by atoms with Gasteiger partial charge in [-0.1, -0.05) is 42.5 Å². The van der Waals surface area contributed by atoms with Crippen molar-refractivity contribution in [1.29, 1.82) is 0 Å². The number of ether oxygens (including phenoxy) is 2. The highest BCUT2D eigenvalue weighted by Crippen LogP contribution is 2.34. The summed E-state index contributed by atoms with van der Waals surface area (Å²) in [4.78, 5) is 19.5. The first-order chi connectivity index (χ1) is 17.1. The van der Waals surface area contributed by atoms with Gasteiger partial charge in [0.05, 0.1) is 38.0 Å². The van der Waals surface area contributed by atoms with E-state index in [1.807, 2.05) is 30.3 Å². The van der Waals surface area contributed by atoms with Gasteiger partial charge in [0.1, 0.15) is 5.75 Å². The van der Waals surface area contributed by atoms with Gasteiger partial charge in [-0.25, -0.2) is 0 Å². The molecule has 1 aromatic heterocycles. The number of aryl methyl sites for hydroxylation is 1. The van der Waals surface area contributed by atoms with Crippen molar-refractivity contribution in [1.82, 2.24) is 9.88 Å². The molecule has 2 aromatic carbocycles. The van der Waals surface area contributed by atoms with Gasteiger partial charge in [-0.15, -0.1) is 0 Å². The van der Waals surface area contributed by atoms with E-state index < -0.39 is 6.10 Å². The van der Waals surface area contributed by atoms with Crippen LogP contribution >= 0.6 is 0 Å². The summed E-state index contributed by atoms with van der Waals surface area (Å²) in [5.74, 6) is 0.566. The summed E-state index contributed by atoms with van der Waals surface area (Å²) >= 11 is 0. The van der Waals surface area contributed by atoms with Crippen LogP contribution in [0.25, 0.3) is 10.9 Å². The maximum atomic E-state index is 12.6. The quantitative estimate of drug-likeness (QED) is 0.424. The van der Waals surface area contributed by atoms with Gasteiger partial charge in [0.25, 0.3) is 0 Å². The Morgan fingerprint density at radius 3 is 2.77 bits per heavy atom. The van der Waals surface area contributed by atoms with Crippen molar-refractivity contribution in [3.63, 3.8) is 0 Å². The lowest BCUT2D eigenvalue weighted by atomic mass is 9.81. The third kappa shape index (κ3) is 6.38. The van der Waals surface area contributed by atoms with Crippen molar-refractivity contribution in [2.24, 2.45) is 11.8 Å². The SMILES string of the molecule is COC(=O)C1CN(CCCc2ccccc2)CC[C@H]1CC[C@@H](O)c1cccc2ncc(OC)cc12. The number of rotatable bonds is 10. The Balaban J connectivity index is 1.36. The van der Waals surface area contributed by atoms with Crippen LogP contribution in [0.2, 0.25) is 0 Å². The number of pyridine rings is 1. The lowest BCUT2D eigenvalue weighted by Gasteiger charge is -2.37. The van der Waals surface area contributed by atoms with Crippen LogP contribution in [-0.4, -0.2) is 54.8 Å². The zero-order valence-corrected chi connectivity index (χ0v) is 20.7. The molecule has 1 aliphatic rings. The summed E-state index contributed by atoms with van der Waals surface area (Å²) in [6.07, 6.45) is 5.46. The Hall–Kier alpha value is -2.96. The third-order valence-electron chi connectivity index (χ3n) is 7.27. The predicted octanol–water partition coefficient (Wildman–Crippen LogP) is 4.80. The van der Waals surface area contributed by atoms with E-state index in [1.54, 1.807) is 13.3 Å². The van der Waals surface area contributed by atoms with Crippen LogP contribution in [0.1, 0.15) is 42.9 Å². The number of carbonyl (C=O) groups excluding carboxylic acids is 1. The van der Waals surface area contributed by atoms with Crippen molar-refractivity contribution in [3.05, 3.63) is 71.9 Å². The van der Waals surface area contributed by atoms with E-state index >= 15 is 0 Å². The molecular formula is C29H36N2O4. The Kier molecular flexibility index (Phi) is 8.72. The van der Waals surface area contributed by atoms with Gasteiger partial charge in [0.2, 0.25) is 0 Å². The summed E-state index contributed by atoms with van der Waals surface area (Å²) < 4.78 is 10.5. The fraction of sp³-hybridized carbons (Fsp3) is 0.448. The number of methoxy groups -OCH3 is 2. The monoisotopic (exact) mass is 476 g/mol. The van der Waals surface area contributed by atoms with E-state index in [9.17, 15) is 9.90 Å². The number of hydrogen-bond donors (Lipinski definition) is 1. The number of aliphatic hydroxyl groups is 1. The van der Waals surface area contributed by atoms with Crippen LogP contribution < -0.4 is 4.74 Å². The highest BCUT2D eigenvalue weighted by atomic mass is 16.5. The molecule has 2 heterocycles. The van der Waals surface area contributed by atoms with Gasteiger partial charge in [0, 0.05) is 11.9 Å². The first-order valence-corrected chi connectivity index (χ1v) is 12.5. The number of fused-ring (bicyclic) bond motifs is 1. The normalized spacial score (nSPS) is 19.4. The number of carbonyl (C=O) groups is 1. The van der Waals surface area contributed by atoms with Gasteiger partial charge in [-0.3, -0.25) is 9.78 Å². The van der Waals surface area contributed by atoms with E-state index in [0.29, 0.717) is 12.2 Å². The Labute approximate surface area is 207 Å². The van der Waals surface area contributed by atoms with Gasteiger partial charge in [-0.05, 0) is 74.4 Å². The van der Waals surface area contributed by atoms with Crippen LogP contribution in [0.15, 0.2) is 60.8 Å². The largest absolute Gasteiger partial charge is 0.495 e. The fourth-order valence-electron chi connectivity index (χ4n) is 5.27. The second-order valence-corrected chi connectivity index (χ2v) is 9.45. The summed E-state index contributed by atoms with van der Waals surface area (Å²) in [7, 11) is 3.09. The number of aliphatic hydroxyl groups excluding tert-OH is 1. The molecular weight excluding hydrogens is 440 g/mol. The number of benzene rings is 2. The maximum Gasteiger partial charge on any atom is 0.310 e. The van der Waals surface area contributed by atoms with Gasteiger partial charge in [-0.2, -0.15) is 0 Å². The van der Waals surface area contributed by atoms with E-state index in [-0.39, 0.29) is 17.8 Å². The van der Waals surface area contributed by atoms with Gasteiger partial charge < -0.3 is 19.5 Å². The van der Waals surface area contributed by atoms with E-state index in [1.165, 1.54) is 12.7 Å². The minimum Gasteiger partial charge on any atom is -0.495 e. The second-order valence-electron chi connectivity index (χ2n) is 9.45. The molecule has 1 aliphatic heterocycles. The van der Waals surface area contributed by atoms with Gasteiger partial charge >= 0.3 is 5.97 Å².